The zero-order valence-electron chi connectivity index (χ0n) is 20.7. The first-order valence-corrected chi connectivity index (χ1v) is 11.9. The van der Waals surface area contributed by atoms with Crippen LogP contribution in [0.5, 0.6) is 0 Å². The third kappa shape index (κ3) is 12.3. The zero-order chi connectivity index (χ0) is 24.3. The van der Waals surface area contributed by atoms with Crippen molar-refractivity contribution >= 4 is 30.4 Å². The molecule has 182 valence electrons. The fourth-order valence-corrected chi connectivity index (χ4v) is 3.57. The van der Waals surface area contributed by atoms with Crippen LogP contribution >= 0.6 is 12.8 Å². The number of aliphatic hydroxyl groups is 1. The highest BCUT2D eigenvalue weighted by Crippen LogP contribution is 2.25. The van der Waals surface area contributed by atoms with Gasteiger partial charge >= 0.3 is 5.97 Å². The molecule has 0 aromatic rings. The van der Waals surface area contributed by atoms with Crippen LogP contribution in [-0.4, -0.2) is 67.3 Å². The second-order valence-corrected chi connectivity index (χ2v) is 7.62. The van der Waals surface area contributed by atoms with Gasteiger partial charge in [0.1, 0.15) is 12.3 Å². The van der Waals surface area contributed by atoms with Gasteiger partial charge in [-0.05, 0) is 25.7 Å². The highest BCUT2D eigenvalue weighted by Gasteiger charge is 2.38. The van der Waals surface area contributed by atoms with Crippen molar-refractivity contribution in [1.82, 2.24) is 0 Å². The smallest absolute Gasteiger partial charge is 0.307 e. The fraction of sp³-hybridized carbons (Fsp3) is 0.783. The molecule has 2 N–H and O–H groups in total. The molecule has 8 heteroatoms. The van der Waals surface area contributed by atoms with Crippen molar-refractivity contribution in [2.75, 3.05) is 33.9 Å². The SMILES string of the molecule is CC.CCCCCCO/C(=N/S)C(=N)C1=CCC[N+](C)(C(CCC)OC(C)=O)C1.CO. The minimum atomic E-state index is -0.257. The van der Waals surface area contributed by atoms with Crippen LogP contribution in [0.1, 0.15) is 79.6 Å². The van der Waals surface area contributed by atoms with E-state index in [-0.39, 0.29) is 23.8 Å². The quantitative estimate of drug-likeness (QED) is 0.102. The third-order valence-corrected chi connectivity index (χ3v) is 5.14. The summed E-state index contributed by atoms with van der Waals surface area (Å²) in [5, 5.41) is 15.5. The lowest BCUT2D eigenvalue weighted by atomic mass is 10.0. The van der Waals surface area contributed by atoms with Gasteiger partial charge in [0.05, 0.1) is 20.2 Å². The average Bonchev–Trinajstić information content (AvgIpc) is 2.78. The van der Waals surface area contributed by atoms with Gasteiger partial charge in [0.25, 0.3) is 0 Å². The zero-order valence-corrected chi connectivity index (χ0v) is 21.6. The van der Waals surface area contributed by atoms with Gasteiger partial charge in [0.2, 0.25) is 12.1 Å². The molecule has 2 atom stereocenters. The summed E-state index contributed by atoms with van der Waals surface area (Å²) in [6.07, 6.45) is 8.86. The largest absolute Gasteiger partial charge is 0.476 e. The number of esters is 1. The number of quaternary nitrogens is 1. The summed E-state index contributed by atoms with van der Waals surface area (Å²) < 4.78 is 15.8. The van der Waals surface area contributed by atoms with Crippen molar-refractivity contribution in [1.29, 1.82) is 5.41 Å². The first kappa shape index (κ1) is 31.8. The molecule has 0 radical (unpaired) electrons. The van der Waals surface area contributed by atoms with E-state index in [1.807, 2.05) is 13.8 Å². The van der Waals surface area contributed by atoms with Crippen LogP contribution in [-0.2, 0) is 14.3 Å². The van der Waals surface area contributed by atoms with E-state index in [9.17, 15) is 4.79 Å². The van der Waals surface area contributed by atoms with Crippen LogP contribution in [0, 0.1) is 5.41 Å². The van der Waals surface area contributed by atoms with Gasteiger partial charge in [-0.1, -0.05) is 53.0 Å². The first-order chi connectivity index (χ1) is 14.9. The normalized spacial score (nSPS) is 19.0. The number of aliphatic hydroxyl groups excluding tert-OH is 1. The number of hydrogen-bond donors (Lipinski definition) is 3. The Balaban J connectivity index is 0. The molecular formula is C23H46N3O4S+. The number of carbonyl (C=O) groups is 1. The molecule has 31 heavy (non-hydrogen) atoms. The number of nitrogens with zero attached hydrogens (tertiary/aromatic N) is 2. The van der Waals surface area contributed by atoms with E-state index in [1.54, 1.807) is 0 Å². The van der Waals surface area contributed by atoms with Gasteiger partial charge in [0.15, 0.2) is 0 Å². The number of carbonyl (C=O) groups excluding carboxylic acids is 1. The molecule has 1 aliphatic rings. The highest BCUT2D eigenvalue weighted by atomic mass is 32.1. The van der Waals surface area contributed by atoms with Crippen molar-refractivity contribution in [3.63, 3.8) is 0 Å². The molecule has 0 spiro atoms. The maximum absolute atomic E-state index is 11.5. The van der Waals surface area contributed by atoms with E-state index in [4.69, 9.17) is 20.0 Å². The van der Waals surface area contributed by atoms with Crippen molar-refractivity contribution in [2.45, 2.75) is 85.8 Å². The number of nitrogens with one attached hydrogen (secondary N) is 1. The molecule has 0 fully saturated rings. The molecule has 0 aliphatic carbocycles. The van der Waals surface area contributed by atoms with E-state index in [0.717, 1.165) is 51.3 Å². The number of rotatable bonds is 11. The minimum Gasteiger partial charge on any atom is -0.476 e. The molecule has 0 aromatic heterocycles. The predicted molar refractivity (Wildman–Crippen MR) is 133 cm³/mol. The van der Waals surface area contributed by atoms with Crippen molar-refractivity contribution in [2.24, 2.45) is 4.40 Å². The molecule has 0 saturated carbocycles. The summed E-state index contributed by atoms with van der Waals surface area (Å²) in [6.45, 7) is 11.7. The van der Waals surface area contributed by atoms with Gasteiger partial charge in [-0.3, -0.25) is 14.7 Å². The lowest BCUT2D eigenvalue weighted by molar-refractivity contribution is -0.949. The number of ether oxygens (including phenoxy) is 2. The second-order valence-electron chi connectivity index (χ2n) is 7.42. The van der Waals surface area contributed by atoms with E-state index < -0.39 is 0 Å². The maximum Gasteiger partial charge on any atom is 0.307 e. The van der Waals surface area contributed by atoms with Crippen LogP contribution < -0.4 is 0 Å². The Morgan fingerprint density at radius 1 is 1.26 bits per heavy atom. The van der Waals surface area contributed by atoms with Gasteiger partial charge < -0.3 is 14.6 Å². The number of hydrogen-bond acceptors (Lipinski definition) is 7. The van der Waals surface area contributed by atoms with Crippen LogP contribution in [0.3, 0.4) is 0 Å². The predicted octanol–water partition coefficient (Wildman–Crippen LogP) is 4.95. The Bertz CT molecular complexity index is 567. The summed E-state index contributed by atoms with van der Waals surface area (Å²) in [7, 11) is 3.09. The van der Waals surface area contributed by atoms with Crippen molar-refractivity contribution in [3.8, 4) is 0 Å². The Kier molecular flexibility index (Phi) is 19.8. The summed E-state index contributed by atoms with van der Waals surface area (Å²) in [4.78, 5) is 11.5. The maximum atomic E-state index is 11.5. The third-order valence-electron chi connectivity index (χ3n) is 4.96. The molecule has 1 heterocycles. The summed E-state index contributed by atoms with van der Waals surface area (Å²) in [5.41, 5.74) is 1.15. The van der Waals surface area contributed by atoms with Crippen LogP contribution in [0.15, 0.2) is 16.0 Å². The van der Waals surface area contributed by atoms with E-state index >= 15 is 0 Å². The van der Waals surface area contributed by atoms with Crippen LogP contribution in [0.25, 0.3) is 0 Å². The van der Waals surface area contributed by atoms with Crippen LogP contribution in [0.2, 0.25) is 0 Å². The number of thiol groups is 1. The molecular weight excluding hydrogens is 414 g/mol. The summed E-state index contributed by atoms with van der Waals surface area (Å²) in [6, 6.07) is 0. The Labute approximate surface area is 195 Å². The monoisotopic (exact) mass is 460 g/mol. The van der Waals surface area contributed by atoms with Gasteiger partial charge in [-0.15, -0.1) is 0 Å². The summed E-state index contributed by atoms with van der Waals surface area (Å²) >= 11 is 4.00. The summed E-state index contributed by atoms with van der Waals surface area (Å²) in [5.74, 6) is 0.0149. The molecule has 0 aromatic carbocycles. The molecule has 2 unspecified atom stereocenters. The van der Waals surface area contributed by atoms with Gasteiger partial charge in [0, 0.05) is 32.4 Å². The van der Waals surface area contributed by atoms with E-state index in [1.165, 1.54) is 19.8 Å². The highest BCUT2D eigenvalue weighted by molar-refractivity contribution is 7.79. The topological polar surface area (TPSA) is 92.0 Å². The van der Waals surface area contributed by atoms with Gasteiger partial charge in [-0.2, -0.15) is 4.40 Å². The Morgan fingerprint density at radius 2 is 1.90 bits per heavy atom. The van der Waals surface area contributed by atoms with Crippen molar-refractivity contribution in [3.05, 3.63) is 11.6 Å². The van der Waals surface area contributed by atoms with E-state index in [0.29, 0.717) is 17.6 Å². The van der Waals surface area contributed by atoms with Crippen molar-refractivity contribution < 1.29 is 23.9 Å². The Hall–Kier alpha value is -1.38. The molecule has 0 amide bonds. The van der Waals surface area contributed by atoms with Gasteiger partial charge in [-0.25, -0.2) is 0 Å². The number of likely N-dealkylation sites (N-methyl/N-ethyl adjacent to an activating group) is 1. The lowest BCUT2D eigenvalue weighted by Crippen LogP contribution is -2.57. The number of unbranched alkanes of at least 4 members (excludes halogenated alkanes) is 3. The minimum absolute atomic E-state index is 0.199. The standard InChI is InChI=1S/C20H35N3O3S.C2H6.CH4O/c1-5-7-8-9-14-25-20(22-27)19(21)17-12-10-13-23(4,15-17)18(11-6-2)26-16(3)24;2*1-2/h12,18H,5-11,13-15H2,1-4H3,(H-,21,27);1-2H3;2H,1H3/p+1. The fourth-order valence-electron chi connectivity index (χ4n) is 3.42. The van der Waals surface area contributed by atoms with E-state index in [2.05, 4.69) is 44.2 Å². The first-order valence-electron chi connectivity index (χ1n) is 11.5. The Morgan fingerprint density at radius 3 is 2.42 bits per heavy atom. The average molecular weight is 461 g/mol. The lowest BCUT2D eigenvalue weighted by Gasteiger charge is -2.42. The molecule has 7 nitrogen and oxygen atoms in total. The molecule has 1 rings (SSSR count). The molecule has 0 saturated heterocycles. The molecule has 0 bridgehead atoms. The van der Waals surface area contributed by atoms with Crippen LogP contribution in [0.4, 0.5) is 0 Å². The molecule has 1 aliphatic heterocycles. The second kappa shape index (κ2) is 19.3.